The van der Waals surface area contributed by atoms with E-state index in [9.17, 15) is 18.8 Å². The minimum absolute atomic E-state index is 0.00911. The van der Waals surface area contributed by atoms with E-state index in [4.69, 9.17) is 5.11 Å². The van der Waals surface area contributed by atoms with Gasteiger partial charge in [0.25, 0.3) is 0 Å². The number of rotatable bonds is 6. The summed E-state index contributed by atoms with van der Waals surface area (Å²) in [5, 5.41) is 11.5. The topological polar surface area (TPSA) is 86.7 Å². The first kappa shape index (κ1) is 17.9. The summed E-state index contributed by atoms with van der Waals surface area (Å²) in [5.74, 6) is -2.64. The van der Waals surface area contributed by atoms with Gasteiger partial charge in [-0.1, -0.05) is 12.1 Å². The number of carboxylic acid groups (broad SMARTS) is 1. The summed E-state index contributed by atoms with van der Waals surface area (Å²) in [6.45, 7) is 3.58. The van der Waals surface area contributed by atoms with E-state index in [-0.39, 0.29) is 43.3 Å². The molecule has 0 spiro atoms. The van der Waals surface area contributed by atoms with Crippen LogP contribution in [0, 0.1) is 11.7 Å². The molecule has 1 aliphatic heterocycles. The number of para-hydroxylation sites is 1. The first-order chi connectivity index (χ1) is 11.2. The average Bonchev–Trinajstić information content (AvgIpc) is 2.87. The second-order valence-corrected chi connectivity index (χ2v) is 6.62. The Hall–Kier alpha value is -2.44. The summed E-state index contributed by atoms with van der Waals surface area (Å²) in [7, 11) is 0. The van der Waals surface area contributed by atoms with Crippen LogP contribution in [0.4, 0.5) is 10.1 Å². The van der Waals surface area contributed by atoms with Gasteiger partial charge in [-0.05, 0) is 32.4 Å². The van der Waals surface area contributed by atoms with E-state index in [1.165, 1.54) is 23.1 Å². The molecule has 6 nitrogen and oxygen atoms in total. The van der Waals surface area contributed by atoms with Crippen molar-refractivity contribution < 1.29 is 23.9 Å². The van der Waals surface area contributed by atoms with Gasteiger partial charge in [-0.15, -0.1) is 0 Å². The molecule has 1 fully saturated rings. The van der Waals surface area contributed by atoms with Crippen LogP contribution in [0.25, 0.3) is 0 Å². The molecule has 0 saturated carbocycles. The molecule has 0 aliphatic carbocycles. The van der Waals surface area contributed by atoms with Crippen LogP contribution in [-0.2, 0) is 14.4 Å². The molecule has 2 amide bonds. The number of carbonyl (C=O) groups excluding carboxylic acids is 2. The fraction of sp³-hybridized carbons (Fsp3) is 0.471. The van der Waals surface area contributed by atoms with Crippen LogP contribution >= 0.6 is 0 Å². The van der Waals surface area contributed by atoms with Gasteiger partial charge in [-0.2, -0.15) is 0 Å². The minimum Gasteiger partial charge on any atom is -0.481 e. The van der Waals surface area contributed by atoms with Crippen molar-refractivity contribution in [3.63, 3.8) is 0 Å². The Morgan fingerprint density at radius 1 is 1.38 bits per heavy atom. The molecule has 7 heteroatoms. The average molecular weight is 336 g/mol. The summed E-state index contributed by atoms with van der Waals surface area (Å²) < 4.78 is 13.8. The van der Waals surface area contributed by atoms with Crippen LogP contribution in [0.15, 0.2) is 24.3 Å². The normalized spacial score (nSPS) is 17.9. The van der Waals surface area contributed by atoms with E-state index in [1.807, 2.05) is 0 Å². The molecule has 24 heavy (non-hydrogen) atoms. The Bertz CT molecular complexity index is 660. The van der Waals surface area contributed by atoms with Crippen LogP contribution in [-0.4, -0.2) is 35.0 Å². The van der Waals surface area contributed by atoms with E-state index in [0.29, 0.717) is 0 Å². The van der Waals surface area contributed by atoms with E-state index in [1.54, 1.807) is 19.9 Å². The van der Waals surface area contributed by atoms with Gasteiger partial charge in [0.1, 0.15) is 5.82 Å². The zero-order valence-electron chi connectivity index (χ0n) is 13.7. The summed E-state index contributed by atoms with van der Waals surface area (Å²) in [5.41, 5.74) is -0.521. The van der Waals surface area contributed by atoms with Gasteiger partial charge in [0.2, 0.25) is 11.8 Å². The predicted molar refractivity (Wildman–Crippen MR) is 86.0 cm³/mol. The van der Waals surface area contributed by atoms with E-state index in [2.05, 4.69) is 5.32 Å². The molecule has 1 atom stereocenters. The van der Waals surface area contributed by atoms with Gasteiger partial charge in [-0.25, -0.2) is 4.39 Å². The molecule has 0 aromatic heterocycles. The second kappa shape index (κ2) is 6.98. The molecular weight excluding hydrogens is 315 g/mol. The Kier molecular flexibility index (Phi) is 5.21. The maximum atomic E-state index is 13.8. The first-order valence-corrected chi connectivity index (χ1v) is 7.78. The van der Waals surface area contributed by atoms with E-state index in [0.717, 1.165) is 0 Å². The lowest BCUT2D eigenvalue weighted by atomic mass is 9.96. The number of hydrogen-bond donors (Lipinski definition) is 2. The Morgan fingerprint density at radius 3 is 2.67 bits per heavy atom. The largest absolute Gasteiger partial charge is 0.481 e. The highest BCUT2D eigenvalue weighted by atomic mass is 19.1. The quantitative estimate of drug-likeness (QED) is 0.831. The number of anilines is 1. The maximum Gasteiger partial charge on any atom is 0.303 e. The number of carbonyl (C=O) groups is 3. The molecule has 2 rings (SSSR count). The highest BCUT2D eigenvalue weighted by Crippen LogP contribution is 2.27. The fourth-order valence-corrected chi connectivity index (χ4v) is 2.70. The third-order valence-electron chi connectivity index (χ3n) is 4.06. The van der Waals surface area contributed by atoms with Crippen LogP contribution in [0.2, 0.25) is 0 Å². The van der Waals surface area contributed by atoms with Crippen LogP contribution < -0.4 is 10.2 Å². The number of benzene rings is 1. The number of aliphatic carboxylic acids is 1. The van der Waals surface area contributed by atoms with Crippen molar-refractivity contribution in [2.75, 3.05) is 11.4 Å². The Labute approximate surface area is 139 Å². The SMILES string of the molecule is CC(C)(CCC(=O)O)NC(=O)C1CC(=O)N(c2ccccc2F)C1. The highest BCUT2D eigenvalue weighted by molar-refractivity contribution is 6.00. The molecule has 1 aromatic rings. The lowest BCUT2D eigenvalue weighted by molar-refractivity contribution is -0.138. The summed E-state index contributed by atoms with van der Waals surface area (Å²) in [6.07, 6.45) is 0.235. The van der Waals surface area contributed by atoms with Crippen LogP contribution in [0.5, 0.6) is 0 Å². The van der Waals surface area contributed by atoms with Gasteiger partial charge in [0.15, 0.2) is 0 Å². The van der Waals surface area contributed by atoms with Gasteiger partial charge < -0.3 is 15.3 Å². The molecule has 1 aliphatic rings. The number of carboxylic acids is 1. The predicted octanol–water partition coefficient (Wildman–Crippen LogP) is 1.94. The third kappa shape index (κ3) is 4.31. The monoisotopic (exact) mass is 336 g/mol. The first-order valence-electron chi connectivity index (χ1n) is 7.78. The smallest absolute Gasteiger partial charge is 0.303 e. The van der Waals surface area contributed by atoms with Crippen molar-refractivity contribution in [1.29, 1.82) is 0 Å². The van der Waals surface area contributed by atoms with Gasteiger partial charge >= 0.3 is 5.97 Å². The lowest BCUT2D eigenvalue weighted by Crippen LogP contribution is -2.46. The van der Waals surface area contributed by atoms with Crippen LogP contribution in [0.3, 0.4) is 0 Å². The number of hydrogen-bond acceptors (Lipinski definition) is 3. The van der Waals surface area contributed by atoms with Crippen molar-refractivity contribution in [1.82, 2.24) is 5.32 Å². The van der Waals surface area contributed by atoms with Crippen LogP contribution in [0.1, 0.15) is 33.1 Å². The van der Waals surface area contributed by atoms with Gasteiger partial charge in [0.05, 0.1) is 11.6 Å². The van der Waals surface area contributed by atoms with E-state index >= 15 is 0 Å². The highest BCUT2D eigenvalue weighted by Gasteiger charge is 2.37. The maximum absolute atomic E-state index is 13.8. The molecule has 2 N–H and O–H groups in total. The molecule has 1 heterocycles. The number of nitrogens with zero attached hydrogens (tertiary/aromatic N) is 1. The van der Waals surface area contributed by atoms with Crippen molar-refractivity contribution >= 4 is 23.5 Å². The van der Waals surface area contributed by atoms with Crippen molar-refractivity contribution in [2.45, 2.75) is 38.6 Å². The lowest BCUT2D eigenvalue weighted by Gasteiger charge is -2.27. The fourth-order valence-electron chi connectivity index (χ4n) is 2.70. The Morgan fingerprint density at radius 2 is 2.04 bits per heavy atom. The summed E-state index contributed by atoms with van der Waals surface area (Å²) in [6, 6.07) is 5.94. The molecule has 0 bridgehead atoms. The van der Waals surface area contributed by atoms with E-state index < -0.39 is 23.2 Å². The molecule has 1 saturated heterocycles. The Balaban J connectivity index is 2.01. The zero-order chi connectivity index (χ0) is 17.9. The van der Waals surface area contributed by atoms with Gasteiger partial charge in [0, 0.05) is 24.9 Å². The molecule has 1 aromatic carbocycles. The number of amides is 2. The second-order valence-electron chi connectivity index (χ2n) is 6.62. The minimum atomic E-state index is -0.931. The number of nitrogens with one attached hydrogen (secondary N) is 1. The molecule has 130 valence electrons. The van der Waals surface area contributed by atoms with Crippen molar-refractivity contribution in [2.24, 2.45) is 5.92 Å². The standard InChI is InChI=1S/C17H21FN2O4/c1-17(2,8-7-15(22)23)19-16(24)11-9-14(21)20(10-11)13-6-4-3-5-12(13)18/h3-6,11H,7-10H2,1-2H3,(H,19,24)(H,22,23). The summed E-state index contributed by atoms with van der Waals surface area (Å²) in [4.78, 5) is 36.5. The molecule has 0 radical (unpaired) electrons. The van der Waals surface area contributed by atoms with Crippen molar-refractivity contribution in [3.8, 4) is 0 Å². The number of halogens is 1. The molecular formula is C17H21FN2O4. The third-order valence-corrected chi connectivity index (χ3v) is 4.06. The van der Waals surface area contributed by atoms with Crippen molar-refractivity contribution in [3.05, 3.63) is 30.1 Å². The molecule has 1 unspecified atom stereocenters. The summed E-state index contributed by atoms with van der Waals surface area (Å²) >= 11 is 0. The zero-order valence-corrected chi connectivity index (χ0v) is 13.7. The van der Waals surface area contributed by atoms with Gasteiger partial charge in [-0.3, -0.25) is 14.4 Å².